The summed E-state index contributed by atoms with van der Waals surface area (Å²) >= 11 is 0. The number of aliphatic hydroxyl groups is 1. The van der Waals surface area contributed by atoms with Gasteiger partial charge in [0, 0.05) is 18.2 Å². The van der Waals surface area contributed by atoms with Crippen LogP contribution in [0.3, 0.4) is 0 Å². The number of imidazole rings is 1. The largest absolute Gasteiger partial charge is 0.388 e. The van der Waals surface area contributed by atoms with Gasteiger partial charge in [-0.25, -0.2) is 4.98 Å². The standard InChI is InChI=1S/C8H13N3O/c9-5-1-2-6-7(3-5)11-8(4-12)10-6/h5,12H,1-4,9H2,(H,10,11). The predicted molar refractivity (Wildman–Crippen MR) is 44.5 cm³/mol. The molecule has 0 saturated carbocycles. The van der Waals surface area contributed by atoms with Crippen molar-refractivity contribution in [2.45, 2.75) is 31.9 Å². The number of aromatic nitrogens is 2. The van der Waals surface area contributed by atoms with Crippen LogP contribution in [-0.4, -0.2) is 21.1 Å². The van der Waals surface area contributed by atoms with Crippen LogP contribution in [0.5, 0.6) is 0 Å². The first-order valence-corrected chi connectivity index (χ1v) is 4.22. The number of hydrogen-bond acceptors (Lipinski definition) is 3. The van der Waals surface area contributed by atoms with Crippen LogP contribution in [0.1, 0.15) is 23.6 Å². The van der Waals surface area contributed by atoms with Crippen molar-refractivity contribution in [3.05, 3.63) is 17.2 Å². The van der Waals surface area contributed by atoms with Gasteiger partial charge in [-0.2, -0.15) is 0 Å². The molecule has 1 aromatic heterocycles. The fourth-order valence-corrected chi connectivity index (χ4v) is 1.64. The summed E-state index contributed by atoms with van der Waals surface area (Å²) in [6, 6.07) is 0.254. The van der Waals surface area contributed by atoms with Gasteiger partial charge in [-0.05, 0) is 12.8 Å². The molecule has 4 nitrogen and oxygen atoms in total. The second-order valence-corrected chi connectivity index (χ2v) is 3.27. The Bertz CT molecular complexity index is 282. The predicted octanol–water partition coefficient (Wildman–Crippen LogP) is -0.282. The molecule has 4 N–H and O–H groups in total. The van der Waals surface area contributed by atoms with Crippen molar-refractivity contribution < 1.29 is 5.11 Å². The van der Waals surface area contributed by atoms with Gasteiger partial charge >= 0.3 is 0 Å². The molecule has 0 aliphatic heterocycles. The lowest BCUT2D eigenvalue weighted by atomic mass is 9.97. The average molecular weight is 167 g/mol. The van der Waals surface area contributed by atoms with E-state index in [1.807, 2.05) is 0 Å². The summed E-state index contributed by atoms with van der Waals surface area (Å²) in [7, 11) is 0. The van der Waals surface area contributed by atoms with Crippen molar-refractivity contribution in [3.63, 3.8) is 0 Å². The van der Waals surface area contributed by atoms with Crippen LogP contribution >= 0.6 is 0 Å². The molecule has 1 unspecified atom stereocenters. The minimum atomic E-state index is -0.0117. The van der Waals surface area contributed by atoms with Crippen LogP contribution in [0.4, 0.5) is 0 Å². The molecule has 0 aromatic carbocycles. The van der Waals surface area contributed by atoms with Crippen LogP contribution in [0.25, 0.3) is 0 Å². The van der Waals surface area contributed by atoms with E-state index in [2.05, 4.69) is 9.97 Å². The third-order valence-corrected chi connectivity index (χ3v) is 2.28. The summed E-state index contributed by atoms with van der Waals surface area (Å²) in [5.74, 6) is 0.661. The van der Waals surface area contributed by atoms with Gasteiger partial charge in [-0.3, -0.25) is 0 Å². The van der Waals surface area contributed by atoms with E-state index in [0.717, 1.165) is 30.7 Å². The van der Waals surface area contributed by atoms with E-state index in [0.29, 0.717) is 5.82 Å². The quantitative estimate of drug-likeness (QED) is 0.538. The Hall–Kier alpha value is -0.870. The van der Waals surface area contributed by atoms with Gasteiger partial charge in [0.15, 0.2) is 0 Å². The van der Waals surface area contributed by atoms with E-state index >= 15 is 0 Å². The number of H-pyrrole nitrogens is 1. The highest BCUT2D eigenvalue weighted by molar-refractivity contribution is 5.19. The van der Waals surface area contributed by atoms with Gasteiger partial charge < -0.3 is 15.8 Å². The zero-order valence-electron chi connectivity index (χ0n) is 6.88. The second kappa shape index (κ2) is 2.88. The van der Waals surface area contributed by atoms with E-state index in [4.69, 9.17) is 10.8 Å². The molecule has 4 heteroatoms. The molecular formula is C8H13N3O. The molecule has 0 saturated heterocycles. The maximum Gasteiger partial charge on any atom is 0.132 e. The number of nitrogens with zero attached hydrogens (tertiary/aromatic N) is 1. The zero-order valence-corrected chi connectivity index (χ0v) is 6.88. The Labute approximate surface area is 70.8 Å². The van der Waals surface area contributed by atoms with Crippen molar-refractivity contribution in [1.82, 2.24) is 9.97 Å². The van der Waals surface area contributed by atoms with Crippen molar-refractivity contribution in [1.29, 1.82) is 0 Å². The SMILES string of the molecule is NC1CCc2nc(CO)[nH]c2C1. The maximum atomic E-state index is 8.83. The number of aromatic amines is 1. The van der Waals surface area contributed by atoms with Gasteiger partial charge in [0.2, 0.25) is 0 Å². The van der Waals surface area contributed by atoms with E-state index in [9.17, 15) is 0 Å². The molecule has 1 heterocycles. The van der Waals surface area contributed by atoms with Crippen molar-refractivity contribution >= 4 is 0 Å². The van der Waals surface area contributed by atoms with E-state index in [1.54, 1.807) is 0 Å². The van der Waals surface area contributed by atoms with Crippen LogP contribution in [0, 0.1) is 0 Å². The monoisotopic (exact) mass is 167 g/mol. The average Bonchev–Trinajstić information content (AvgIpc) is 2.46. The maximum absolute atomic E-state index is 8.83. The van der Waals surface area contributed by atoms with Gasteiger partial charge in [0.25, 0.3) is 0 Å². The molecule has 1 atom stereocenters. The van der Waals surface area contributed by atoms with Gasteiger partial charge in [0.05, 0.1) is 5.69 Å². The lowest BCUT2D eigenvalue weighted by Crippen LogP contribution is -2.27. The molecule has 0 spiro atoms. The highest BCUT2D eigenvalue weighted by Gasteiger charge is 2.18. The third kappa shape index (κ3) is 1.23. The number of rotatable bonds is 1. The third-order valence-electron chi connectivity index (χ3n) is 2.28. The first-order chi connectivity index (χ1) is 5.79. The first-order valence-electron chi connectivity index (χ1n) is 4.22. The Morgan fingerprint density at radius 1 is 1.67 bits per heavy atom. The fourth-order valence-electron chi connectivity index (χ4n) is 1.64. The Morgan fingerprint density at radius 2 is 2.50 bits per heavy atom. The van der Waals surface area contributed by atoms with Crippen molar-refractivity contribution in [2.75, 3.05) is 0 Å². The first kappa shape index (κ1) is 7.76. The summed E-state index contributed by atoms with van der Waals surface area (Å²) < 4.78 is 0. The smallest absolute Gasteiger partial charge is 0.132 e. The molecule has 0 bridgehead atoms. The molecule has 12 heavy (non-hydrogen) atoms. The highest BCUT2D eigenvalue weighted by Crippen LogP contribution is 2.17. The normalized spacial score (nSPS) is 22.3. The van der Waals surface area contributed by atoms with Gasteiger partial charge in [-0.1, -0.05) is 0 Å². The summed E-state index contributed by atoms with van der Waals surface area (Å²) in [4.78, 5) is 7.32. The lowest BCUT2D eigenvalue weighted by molar-refractivity contribution is 0.272. The topological polar surface area (TPSA) is 74.9 Å². The van der Waals surface area contributed by atoms with E-state index in [-0.39, 0.29) is 12.6 Å². The summed E-state index contributed by atoms with van der Waals surface area (Å²) in [5.41, 5.74) is 7.98. The Balaban J connectivity index is 2.28. The molecule has 0 amide bonds. The molecule has 1 aliphatic rings. The van der Waals surface area contributed by atoms with Crippen molar-refractivity contribution in [2.24, 2.45) is 5.73 Å². The molecule has 1 aliphatic carbocycles. The number of fused-ring (bicyclic) bond motifs is 1. The summed E-state index contributed by atoms with van der Waals surface area (Å²) in [5, 5.41) is 8.83. The fraction of sp³-hybridized carbons (Fsp3) is 0.625. The van der Waals surface area contributed by atoms with Gasteiger partial charge in [-0.15, -0.1) is 0 Å². The number of hydrogen-bond donors (Lipinski definition) is 3. The summed E-state index contributed by atoms with van der Waals surface area (Å²) in [6.07, 6.45) is 2.80. The number of nitrogens with two attached hydrogens (primary N) is 1. The number of aliphatic hydroxyl groups excluding tert-OH is 1. The van der Waals surface area contributed by atoms with Crippen LogP contribution < -0.4 is 5.73 Å². The molecule has 66 valence electrons. The number of aryl methyl sites for hydroxylation is 1. The van der Waals surface area contributed by atoms with E-state index in [1.165, 1.54) is 0 Å². The summed E-state index contributed by atoms with van der Waals surface area (Å²) in [6.45, 7) is -0.0117. The Kier molecular flexibility index (Phi) is 1.86. The molecule has 0 radical (unpaired) electrons. The Morgan fingerprint density at radius 3 is 3.25 bits per heavy atom. The van der Waals surface area contributed by atoms with Gasteiger partial charge in [0.1, 0.15) is 12.4 Å². The van der Waals surface area contributed by atoms with Crippen LogP contribution in [-0.2, 0) is 19.4 Å². The lowest BCUT2D eigenvalue weighted by Gasteiger charge is -2.15. The minimum absolute atomic E-state index is 0.0117. The van der Waals surface area contributed by atoms with Crippen molar-refractivity contribution in [3.8, 4) is 0 Å². The zero-order chi connectivity index (χ0) is 8.55. The van der Waals surface area contributed by atoms with Crippen LogP contribution in [0.2, 0.25) is 0 Å². The molecule has 0 fully saturated rings. The molecular weight excluding hydrogens is 154 g/mol. The molecule has 1 aromatic rings. The van der Waals surface area contributed by atoms with E-state index < -0.39 is 0 Å². The number of nitrogens with one attached hydrogen (secondary N) is 1. The van der Waals surface area contributed by atoms with Crippen LogP contribution in [0.15, 0.2) is 0 Å². The second-order valence-electron chi connectivity index (χ2n) is 3.27. The highest BCUT2D eigenvalue weighted by atomic mass is 16.3. The molecule has 2 rings (SSSR count). The minimum Gasteiger partial charge on any atom is -0.388 e.